The number of fused-ring (bicyclic) bond motifs is 10. The molecule has 4 saturated carbocycles. The lowest BCUT2D eigenvalue weighted by Crippen LogP contribution is -2.29. The number of nitrogens with zero attached hydrogens (tertiary/aromatic N) is 3. The van der Waals surface area contributed by atoms with E-state index in [4.69, 9.17) is 15.0 Å². The summed E-state index contributed by atoms with van der Waals surface area (Å²) >= 11 is 4.60. The van der Waals surface area contributed by atoms with Crippen molar-refractivity contribution in [1.29, 1.82) is 0 Å². The van der Waals surface area contributed by atoms with Gasteiger partial charge in [0.2, 0.25) is 0 Å². The number of thiol groups is 1. The van der Waals surface area contributed by atoms with Crippen molar-refractivity contribution in [2.24, 2.45) is 23.7 Å². The average molecular weight is 964 g/mol. The number of hydrogen-bond donors (Lipinski definition) is 1. The first-order chi connectivity index (χ1) is 35.7. The van der Waals surface area contributed by atoms with Crippen LogP contribution >= 0.6 is 12.6 Å². The Morgan fingerprint density at radius 2 is 0.847 bits per heavy atom. The molecule has 4 fully saturated rings. The molecule has 1 spiro atoms. The highest BCUT2D eigenvalue weighted by molar-refractivity contribution is 7.80. The Labute approximate surface area is 435 Å². The van der Waals surface area contributed by atoms with Crippen LogP contribution in [0, 0.1) is 23.7 Å². The van der Waals surface area contributed by atoms with Gasteiger partial charge in [-0.3, -0.25) is 0 Å². The second kappa shape index (κ2) is 20.2. The highest BCUT2D eigenvalue weighted by atomic mass is 32.1. The van der Waals surface area contributed by atoms with Gasteiger partial charge in [0.05, 0.1) is 5.41 Å². The van der Waals surface area contributed by atoms with Gasteiger partial charge in [0.1, 0.15) is 0 Å². The van der Waals surface area contributed by atoms with E-state index in [2.05, 4.69) is 146 Å². The van der Waals surface area contributed by atoms with Crippen LogP contribution in [0.3, 0.4) is 0 Å². The van der Waals surface area contributed by atoms with Crippen LogP contribution in [-0.4, -0.2) is 20.7 Å². The number of benzene rings is 6. The summed E-state index contributed by atoms with van der Waals surface area (Å²) in [4.78, 5) is 16.2. The van der Waals surface area contributed by atoms with Gasteiger partial charge in [-0.25, -0.2) is 15.0 Å². The van der Waals surface area contributed by atoms with E-state index in [-0.39, 0.29) is 0 Å². The molecule has 0 saturated heterocycles. The lowest BCUT2D eigenvalue weighted by molar-refractivity contribution is 0.202. The van der Waals surface area contributed by atoms with Gasteiger partial charge in [-0.15, -0.1) is 0 Å². The molecule has 3 nitrogen and oxygen atoms in total. The standard InChI is InChI=1S/C68H73N3S/c72-41-40-45-20-18-31-53(42-45)66-69-65(50-29-14-5-15-30-50)70-67(71-66)57-33-19-35-59-64(57)56-32-16-17-34-58(56)68(59)60-43-51(62(46-21-6-1-7-22-46)47-23-8-2-9-24-47)36-38-54(60)55-39-37-52(44-61(55)68)63(48-25-10-3-11-26-48)49-27-12-4-13-28-49/h5,14-20,29-39,42-44,46-49,62-63,72H,1-4,6-13,21-28,40-41H2. The topological polar surface area (TPSA) is 38.7 Å². The molecule has 72 heavy (non-hydrogen) atoms. The van der Waals surface area contributed by atoms with Gasteiger partial charge in [-0.1, -0.05) is 204 Å². The van der Waals surface area contributed by atoms with Gasteiger partial charge < -0.3 is 0 Å². The zero-order valence-corrected chi connectivity index (χ0v) is 43.4. The molecular formula is C68H73N3S. The van der Waals surface area contributed by atoms with Crippen molar-refractivity contribution >= 4 is 12.6 Å². The predicted molar refractivity (Wildman–Crippen MR) is 302 cm³/mol. The SMILES string of the molecule is SCCc1cccc(-c2nc(-c3ccccc3)nc(-c3cccc4c3-c3ccccc3C43c4cc(C(C5CCCCC5)C5CCCCC5)ccc4-c4ccc(C(C5CCCCC5)C5CCCCC5)cc43)n2)c1. The summed E-state index contributed by atoms with van der Waals surface area (Å²) in [6, 6.07) is 51.9. The third kappa shape index (κ3) is 8.22. The molecule has 0 radical (unpaired) electrons. The van der Waals surface area contributed by atoms with E-state index in [9.17, 15) is 0 Å². The highest BCUT2D eigenvalue weighted by Crippen LogP contribution is 2.65. The minimum Gasteiger partial charge on any atom is -0.208 e. The van der Waals surface area contributed by atoms with Gasteiger partial charge in [-0.2, -0.15) is 12.6 Å². The smallest absolute Gasteiger partial charge is 0.164 e. The normalized spacial score (nSPS) is 19.2. The minimum atomic E-state index is -0.481. The monoisotopic (exact) mass is 964 g/mol. The second-order valence-corrected chi connectivity index (χ2v) is 23.6. The highest BCUT2D eigenvalue weighted by Gasteiger charge is 2.53. The fraction of sp³-hybridized carbons (Fsp3) is 0.426. The van der Waals surface area contributed by atoms with Crippen molar-refractivity contribution in [3.8, 4) is 56.4 Å². The maximum Gasteiger partial charge on any atom is 0.164 e. The maximum atomic E-state index is 5.50. The Morgan fingerprint density at radius 1 is 0.389 bits per heavy atom. The van der Waals surface area contributed by atoms with Crippen molar-refractivity contribution in [1.82, 2.24) is 15.0 Å². The Bertz CT molecular complexity index is 2930. The molecule has 0 amide bonds. The van der Waals surface area contributed by atoms with Gasteiger partial charge in [-0.05, 0) is 166 Å². The first-order valence-corrected chi connectivity index (χ1v) is 29.4. The zero-order valence-electron chi connectivity index (χ0n) is 42.5. The Morgan fingerprint density at radius 3 is 1.40 bits per heavy atom. The number of hydrogen-bond acceptors (Lipinski definition) is 4. The first-order valence-electron chi connectivity index (χ1n) is 28.7. The quantitative estimate of drug-likeness (QED) is 0.131. The number of aryl methyl sites for hydroxylation is 1. The summed E-state index contributed by atoms with van der Waals surface area (Å²) in [5.41, 5.74) is 18.3. The number of aromatic nitrogens is 3. The van der Waals surface area contributed by atoms with Gasteiger partial charge in [0.25, 0.3) is 0 Å². The first kappa shape index (κ1) is 46.5. The zero-order chi connectivity index (χ0) is 48.0. The summed E-state index contributed by atoms with van der Waals surface area (Å²) in [5.74, 6) is 7.22. The summed E-state index contributed by atoms with van der Waals surface area (Å²) in [6.07, 6.45) is 28.6. The third-order valence-electron chi connectivity index (χ3n) is 19.1. The molecule has 4 heteroatoms. The molecule has 366 valence electrons. The fourth-order valence-corrected chi connectivity index (χ4v) is 16.3. The van der Waals surface area contributed by atoms with Gasteiger partial charge in [0.15, 0.2) is 17.5 Å². The van der Waals surface area contributed by atoms with Crippen LogP contribution < -0.4 is 0 Å². The van der Waals surface area contributed by atoms with E-state index in [1.54, 1.807) is 11.1 Å². The second-order valence-electron chi connectivity index (χ2n) is 23.1. The molecule has 0 aliphatic heterocycles. The van der Waals surface area contributed by atoms with Crippen LogP contribution in [0.15, 0.2) is 133 Å². The van der Waals surface area contributed by atoms with Crippen molar-refractivity contribution in [3.63, 3.8) is 0 Å². The van der Waals surface area contributed by atoms with Crippen LogP contribution in [0.4, 0.5) is 0 Å². The Hall–Kier alpha value is -5.32. The largest absolute Gasteiger partial charge is 0.208 e. The molecule has 0 bridgehead atoms. The van der Waals surface area contributed by atoms with E-state index < -0.39 is 5.41 Å². The molecule has 6 aliphatic rings. The van der Waals surface area contributed by atoms with Crippen molar-refractivity contribution in [3.05, 3.63) is 172 Å². The van der Waals surface area contributed by atoms with Crippen LogP contribution in [0.1, 0.15) is 179 Å². The molecule has 0 atom stereocenters. The van der Waals surface area contributed by atoms with Crippen LogP contribution in [0.5, 0.6) is 0 Å². The van der Waals surface area contributed by atoms with Crippen molar-refractivity contribution in [2.45, 2.75) is 152 Å². The molecule has 6 aliphatic carbocycles. The molecular weight excluding hydrogens is 891 g/mol. The lowest BCUT2D eigenvalue weighted by Gasteiger charge is -2.39. The number of rotatable bonds is 11. The molecule has 7 aromatic rings. The summed E-state index contributed by atoms with van der Waals surface area (Å²) in [5, 5.41) is 0. The van der Waals surface area contributed by atoms with Crippen molar-refractivity contribution < 1.29 is 0 Å². The summed E-state index contributed by atoms with van der Waals surface area (Å²) in [6.45, 7) is 0. The molecule has 0 unspecified atom stereocenters. The van der Waals surface area contributed by atoms with Crippen LogP contribution in [0.2, 0.25) is 0 Å². The molecule has 1 heterocycles. The minimum absolute atomic E-state index is 0.481. The lowest BCUT2D eigenvalue weighted by atomic mass is 9.64. The van der Waals surface area contributed by atoms with E-state index in [1.807, 2.05) is 0 Å². The molecule has 1 aromatic heterocycles. The van der Waals surface area contributed by atoms with E-state index in [1.165, 1.54) is 178 Å². The third-order valence-corrected chi connectivity index (χ3v) is 19.4. The molecule has 13 rings (SSSR count). The van der Waals surface area contributed by atoms with Gasteiger partial charge >= 0.3 is 0 Å². The van der Waals surface area contributed by atoms with Crippen LogP contribution in [-0.2, 0) is 11.8 Å². The van der Waals surface area contributed by atoms with Crippen molar-refractivity contribution in [2.75, 3.05) is 5.75 Å². The van der Waals surface area contributed by atoms with Gasteiger partial charge in [0, 0.05) is 16.7 Å². The fourth-order valence-electron chi connectivity index (χ4n) is 16.0. The predicted octanol–water partition coefficient (Wildman–Crippen LogP) is 18.2. The molecule has 6 aromatic carbocycles. The Kier molecular flexibility index (Phi) is 13.0. The van der Waals surface area contributed by atoms with E-state index >= 15 is 0 Å². The van der Waals surface area contributed by atoms with E-state index in [0.29, 0.717) is 23.5 Å². The maximum absolute atomic E-state index is 5.50. The summed E-state index contributed by atoms with van der Waals surface area (Å²) < 4.78 is 0. The van der Waals surface area contributed by atoms with Crippen LogP contribution in [0.25, 0.3) is 56.4 Å². The summed E-state index contributed by atoms with van der Waals surface area (Å²) in [7, 11) is 0. The Balaban J connectivity index is 1.05. The molecule has 0 N–H and O–H groups in total. The van der Waals surface area contributed by atoms with E-state index in [0.717, 1.165) is 58.4 Å². The average Bonchev–Trinajstić information content (AvgIpc) is 3.92.